The molecule has 3 aromatic heterocycles. The first-order valence-corrected chi connectivity index (χ1v) is 15.3. The Morgan fingerprint density at radius 3 is 2.24 bits per heavy atom. The number of aromatic nitrogens is 3. The first-order valence-electron chi connectivity index (χ1n) is 13.5. The Balaban J connectivity index is 1.30. The number of rotatable bonds is 9. The lowest BCUT2D eigenvalue weighted by Gasteiger charge is -2.12. The van der Waals surface area contributed by atoms with E-state index in [0.29, 0.717) is 15.4 Å². The van der Waals surface area contributed by atoms with Crippen LogP contribution in [0.5, 0.6) is 0 Å². The highest BCUT2D eigenvalue weighted by Gasteiger charge is 2.20. The quantitative estimate of drug-likeness (QED) is 0.100. The fourth-order valence-corrected chi connectivity index (χ4v) is 7.10. The molecule has 0 saturated heterocycles. The minimum Gasteiger partial charge on any atom is -0.348 e. The second kappa shape index (κ2) is 11.7. The highest BCUT2D eigenvalue weighted by molar-refractivity contribution is 7.99. The number of hydrogen-bond donors (Lipinski definition) is 0. The van der Waals surface area contributed by atoms with Crippen molar-refractivity contribution in [3.8, 4) is 16.1 Å². The van der Waals surface area contributed by atoms with Gasteiger partial charge < -0.3 is 4.57 Å². The maximum absolute atomic E-state index is 13.8. The number of hydrogen-bond acceptors (Lipinski definition) is 5. The van der Waals surface area contributed by atoms with Crippen LogP contribution in [0.3, 0.4) is 0 Å². The van der Waals surface area contributed by atoms with Crippen molar-refractivity contribution in [3.63, 3.8) is 0 Å². The fourth-order valence-electron chi connectivity index (χ4n) is 5.13. The first-order chi connectivity index (χ1) is 20.0. The Bertz CT molecular complexity index is 1890. The lowest BCUT2D eigenvalue weighted by Crippen LogP contribution is -2.21. The van der Waals surface area contributed by atoms with Gasteiger partial charge in [0, 0.05) is 28.4 Å². The second-order valence-electron chi connectivity index (χ2n) is 9.95. The summed E-state index contributed by atoms with van der Waals surface area (Å²) in [4.78, 5) is 33.9. The number of benzene rings is 3. The summed E-state index contributed by atoms with van der Waals surface area (Å²) in [5.74, 6) is 0.212. The molecule has 204 valence electrons. The monoisotopic (exact) mass is 575 g/mol. The Kier molecular flexibility index (Phi) is 7.72. The van der Waals surface area contributed by atoms with Crippen molar-refractivity contribution in [2.45, 2.75) is 32.0 Å². The number of nitrogens with zero attached hydrogens (tertiary/aromatic N) is 3. The molecule has 0 fully saturated rings. The largest absolute Gasteiger partial charge is 0.348 e. The minimum absolute atomic E-state index is 0.0270. The Morgan fingerprint density at radius 2 is 1.54 bits per heavy atom. The molecule has 0 amide bonds. The van der Waals surface area contributed by atoms with E-state index in [4.69, 9.17) is 4.98 Å². The summed E-state index contributed by atoms with van der Waals surface area (Å²) in [5, 5.41) is 1.09. The van der Waals surface area contributed by atoms with Crippen LogP contribution in [0, 0.1) is 13.8 Å². The third kappa shape index (κ3) is 5.56. The third-order valence-electron chi connectivity index (χ3n) is 7.28. The molecule has 5 nitrogen and oxygen atoms in total. The highest BCUT2D eigenvalue weighted by Crippen LogP contribution is 2.33. The van der Waals surface area contributed by atoms with E-state index >= 15 is 0 Å². The van der Waals surface area contributed by atoms with Crippen LogP contribution >= 0.6 is 23.1 Å². The van der Waals surface area contributed by atoms with E-state index in [-0.39, 0.29) is 17.1 Å². The normalized spacial score (nSPS) is 11.3. The first kappa shape index (κ1) is 27.0. The molecule has 0 radical (unpaired) electrons. The van der Waals surface area contributed by atoms with Crippen molar-refractivity contribution in [2.24, 2.45) is 0 Å². The molecule has 0 atom stereocenters. The van der Waals surface area contributed by atoms with Crippen LogP contribution < -0.4 is 5.56 Å². The maximum Gasteiger partial charge on any atom is 0.267 e. The number of carbonyl (C=O) groups is 1. The summed E-state index contributed by atoms with van der Waals surface area (Å²) in [6.07, 6.45) is 0.901. The smallest absolute Gasteiger partial charge is 0.267 e. The number of thiophene rings is 1. The number of fused-ring (bicyclic) bond motifs is 1. The van der Waals surface area contributed by atoms with Crippen LogP contribution in [0.15, 0.2) is 113 Å². The third-order valence-corrected chi connectivity index (χ3v) is 9.30. The van der Waals surface area contributed by atoms with Gasteiger partial charge in [0.25, 0.3) is 5.56 Å². The topological polar surface area (TPSA) is 56.9 Å². The van der Waals surface area contributed by atoms with Crippen LogP contribution in [0.4, 0.5) is 0 Å². The van der Waals surface area contributed by atoms with Crippen LogP contribution in [0.1, 0.15) is 27.3 Å². The molecule has 0 bridgehead atoms. The molecule has 0 unspecified atom stereocenters. The van der Waals surface area contributed by atoms with E-state index in [0.717, 1.165) is 46.0 Å². The van der Waals surface area contributed by atoms with Gasteiger partial charge in [-0.2, -0.15) is 0 Å². The fraction of sp³-hybridized carbons (Fsp3) is 0.147. The van der Waals surface area contributed by atoms with Crippen LogP contribution in [-0.2, 0) is 13.0 Å². The van der Waals surface area contributed by atoms with Crippen molar-refractivity contribution in [1.82, 2.24) is 14.1 Å². The SMILES string of the molecule is Cc1cc(C(=O)CSc2nc3sc(-c4ccccc4)cc3c(=O)n2-c2ccccc2)c(C)n1CCc1ccccc1. The van der Waals surface area contributed by atoms with Gasteiger partial charge in [-0.3, -0.25) is 14.2 Å². The maximum atomic E-state index is 13.8. The molecule has 0 spiro atoms. The molecule has 0 aliphatic rings. The molecule has 0 N–H and O–H groups in total. The molecular weight excluding hydrogens is 547 g/mol. The zero-order chi connectivity index (χ0) is 28.3. The van der Waals surface area contributed by atoms with E-state index in [2.05, 4.69) is 28.8 Å². The summed E-state index contributed by atoms with van der Waals surface area (Å²) in [6.45, 7) is 4.87. The Hall–Kier alpha value is -4.20. The number of thioether (sulfide) groups is 1. The number of ketones is 1. The summed E-state index contributed by atoms with van der Waals surface area (Å²) in [7, 11) is 0. The van der Waals surface area contributed by atoms with E-state index in [1.54, 1.807) is 4.57 Å². The second-order valence-corrected chi connectivity index (χ2v) is 11.9. The molecular formula is C34H29N3O2S2. The van der Waals surface area contributed by atoms with Gasteiger partial charge in [-0.15, -0.1) is 11.3 Å². The Labute approximate surface area is 247 Å². The zero-order valence-corrected chi connectivity index (χ0v) is 24.5. The number of carbonyl (C=O) groups excluding carboxylic acids is 1. The molecule has 41 heavy (non-hydrogen) atoms. The van der Waals surface area contributed by atoms with Gasteiger partial charge >= 0.3 is 0 Å². The van der Waals surface area contributed by atoms with Gasteiger partial charge in [-0.1, -0.05) is 90.6 Å². The summed E-state index contributed by atoms with van der Waals surface area (Å²) in [5.41, 5.74) is 5.68. The molecule has 7 heteroatoms. The van der Waals surface area contributed by atoms with Crippen molar-refractivity contribution in [1.29, 1.82) is 0 Å². The molecule has 0 aliphatic carbocycles. The van der Waals surface area contributed by atoms with Crippen LogP contribution in [0.2, 0.25) is 0 Å². The molecule has 0 aliphatic heterocycles. The average molecular weight is 576 g/mol. The predicted molar refractivity (Wildman–Crippen MR) is 170 cm³/mol. The zero-order valence-electron chi connectivity index (χ0n) is 22.9. The van der Waals surface area contributed by atoms with E-state index < -0.39 is 0 Å². The van der Waals surface area contributed by atoms with Gasteiger partial charge in [0.15, 0.2) is 10.9 Å². The number of aryl methyl sites for hydroxylation is 2. The predicted octanol–water partition coefficient (Wildman–Crippen LogP) is 7.75. The molecule has 0 saturated carbocycles. The van der Waals surface area contributed by atoms with Gasteiger partial charge in [0.05, 0.1) is 16.8 Å². The van der Waals surface area contributed by atoms with Gasteiger partial charge in [-0.05, 0) is 55.7 Å². The molecule has 6 rings (SSSR count). The number of para-hydroxylation sites is 1. The molecule has 6 aromatic rings. The number of Topliss-reactive ketones (excluding diaryl/α,β-unsaturated/α-hetero) is 1. The minimum atomic E-state index is -0.131. The van der Waals surface area contributed by atoms with E-state index in [1.165, 1.54) is 28.7 Å². The van der Waals surface area contributed by atoms with Crippen molar-refractivity contribution < 1.29 is 4.79 Å². The van der Waals surface area contributed by atoms with Gasteiger partial charge in [0.1, 0.15) is 4.83 Å². The van der Waals surface area contributed by atoms with E-state index in [1.807, 2.05) is 92.7 Å². The molecule has 3 heterocycles. The lowest BCUT2D eigenvalue weighted by atomic mass is 10.1. The van der Waals surface area contributed by atoms with Crippen LogP contribution in [0.25, 0.3) is 26.3 Å². The summed E-state index contributed by atoms with van der Waals surface area (Å²) >= 11 is 2.81. The van der Waals surface area contributed by atoms with Crippen molar-refractivity contribution >= 4 is 39.1 Å². The standard InChI is InChI=1S/C34H29N3O2S2/c1-23-20-28(24(2)36(23)19-18-25-12-6-3-7-13-25)30(38)22-40-34-35-32-29(21-31(41-32)26-14-8-4-9-15-26)33(39)37(34)27-16-10-5-11-17-27/h3-17,20-21H,18-19,22H2,1-2H3. The molecule has 3 aromatic carbocycles. The summed E-state index contributed by atoms with van der Waals surface area (Å²) in [6, 6.07) is 33.8. The Morgan fingerprint density at radius 1 is 0.878 bits per heavy atom. The van der Waals surface area contributed by atoms with E-state index in [9.17, 15) is 9.59 Å². The van der Waals surface area contributed by atoms with Crippen LogP contribution in [-0.4, -0.2) is 25.7 Å². The average Bonchev–Trinajstić information content (AvgIpc) is 3.57. The summed E-state index contributed by atoms with van der Waals surface area (Å²) < 4.78 is 3.84. The van der Waals surface area contributed by atoms with Crippen molar-refractivity contribution in [3.05, 3.63) is 136 Å². The highest BCUT2D eigenvalue weighted by atomic mass is 32.2. The van der Waals surface area contributed by atoms with Gasteiger partial charge in [0.2, 0.25) is 0 Å². The lowest BCUT2D eigenvalue weighted by molar-refractivity contribution is 0.102. The van der Waals surface area contributed by atoms with Gasteiger partial charge in [-0.25, -0.2) is 4.98 Å². The van der Waals surface area contributed by atoms with Crippen molar-refractivity contribution in [2.75, 3.05) is 5.75 Å².